The molecular weight excluding hydrogens is 253 g/mol. The van der Waals surface area contributed by atoms with E-state index in [1.807, 2.05) is 0 Å². The normalized spacial score (nSPS) is 25.9. The molecule has 1 aliphatic heterocycles. The first-order chi connectivity index (χ1) is 9.32. The summed E-state index contributed by atoms with van der Waals surface area (Å²) in [5.74, 6) is -0.275. The Hall–Kier alpha value is -1.00. The quantitative estimate of drug-likeness (QED) is 0.792. The minimum Gasteiger partial charge on any atom is -0.323 e. The lowest BCUT2D eigenvalue weighted by molar-refractivity contribution is 0.0343. The average Bonchev–Trinajstić information content (AvgIpc) is 2.63. The zero-order chi connectivity index (χ0) is 14.5. The average molecular weight is 277 g/mol. The molecule has 1 fully saturated rings. The lowest BCUT2D eigenvalue weighted by atomic mass is 9.72. The first kappa shape index (κ1) is 14.0. The first-order valence-corrected chi connectivity index (χ1v) is 7.47. The Bertz CT molecular complexity index is 513. The molecule has 0 unspecified atom stereocenters. The van der Waals surface area contributed by atoms with E-state index >= 15 is 0 Å². The maximum atomic E-state index is 13.4. The number of pyridine rings is 1. The van der Waals surface area contributed by atoms with Crippen molar-refractivity contribution in [1.82, 2.24) is 9.88 Å². The number of hydrogen-bond acceptors (Lipinski definition) is 3. The summed E-state index contributed by atoms with van der Waals surface area (Å²) in [6, 6.07) is 1.51. The van der Waals surface area contributed by atoms with Crippen LogP contribution in [0.5, 0.6) is 0 Å². The van der Waals surface area contributed by atoms with Crippen LogP contribution in [0.1, 0.15) is 50.9 Å². The van der Waals surface area contributed by atoms with Gasteiger partial charge in [0.05, 0.1) is 6.20 Å². The topological polar surface area (TPSA) is 42.2 Å². The molecule has 1 aliphatic carbocycles. The summed E-state index contributed by atoms with van der Waals surface area (Å²) in [4.78, 5) is 6.77. The fraction of sp³-hybridized carbons (Fsp3) is 0.688. The number of halogens is 1. The van der Waals surface area contributed by atoms with E-state index in [1.165, 1.54) is 6.20 Å². The van der Waals surface area contributed by atoms with E-state index in [-0.39, 0.29) is 22.8 Å². The van der Waals surface area contributed by atoms with Crippen LogP contribution in [0, 0.1) is 11.2 Å². The van der Waals surface area contributed by atoms with Crippen molar-refractivity contribution >= 4 is 0 Å². The summed E-state index contributed by atoms with van der Waals surface area (Å²) in [5, 5.41) is 0. The molecule has 0 bridgehead atoms. The second-order valence-electron chi connectivity index (χ2n) is 7.36. The SMILES string of the molecule is CC(C)(C)N1CCC2(CC1)Cc1ncc(F)cc1[C@@H]2N. The minimum absolute atomic E-state index is 0.0668. The van der Waals surface area contributed by atoms with Gasteiger partial charge in [-0.3, -0.25) is 9.88 Å². The van der Waals surface area contributed by atoms with Gasteiger partial charge in [-0.05, 0) is 70.2 Å². The van der Waals surface area contributed by atoms with Crippen molar-refractivity contribution < 1.29 is 4.39 Å². The molecule has 1 aromatic heterocycles. The highest BCUT2D eigenvalue weighted by molar-refractivity contribution is 5.33. The second-order valence-corrected chi connectivity index (χ2v) is 7.36. The maximum Gasteiger partial charge on any atom is 0.141 e. The van der Waals surface area contributed by atoms with Crippen LogP contribution in [0.25, 0.3) is 0 Å². The van der Waals surface area contributed by atoms with Gasteiger partial charge in [0.1, 0.15) is 5.82 Å². The third-order valence-electron chi connectivity index (χ3n) is 5.19. The monoisotopic (exact) mass is 277 g/mol. The van der Waals surface area contributed by atoms with Gasteiger partial charge in [-0.1, -0.05) is 0 Å². The van der Waals surface area contributed by atoms with Gasteiger partial charge in [-0.2, -0.15) is 0 Å². The standard InChI is InChI=1S/C16H24FN3/c1-15(2,3)20-6-4-16(5-7-20)9-13-12(14(16)18)8-11(17)10-19-13/h8,10,14H,4-7,9,18H2,1-3H3/t14-/m0/s1. The number of nitrogens with two attached hydrogens (primary N) is 1. The van der Waals surface area contributed by atoms with E-state index in [1.54, 1.807) is 6.07 Å². The number of aromatic nitrogens is 1. The minimum atomic E-state index is -0.275. The van der Waals surface area contributed by atoms with Gasteiger partial charge in [0.15, 0.2) is 0 Å². The molecule has 110 valence electrons. The van der Waals surface area contributed by atoms with Crippen molar-refractivity contribution in [2.24, 2.45) is 11.1 Å². The maximum absolute atomic E-state index is 13.4. The number of likely N-dealkylation sites (tertiary alicyclic amines) is 1. The Kier molecular flexibility index (Phi) is 3.14. The molecule has 1 spiro atoms. The highest BCUT2D eigenvalue weighted by atomic mass is 19.1. The molecule has 3 rings (SSSR count). The molecule has 3 nitrogen and oxygen atoms in total. The van der Waals surface area contributed by atoms with Gasteiger partial charge in [0, 0.05) is 17.3 Å². The molecule has 1 aromatic rings. The fourth-order valence-electron chi connectivity index (χ4n) is 3.78. The van der Waals surface area contributed by atoms with E-state index in [0.29, 0.717) is 0 Å². The highest BCUT2D eigenvalue weighted by Gasteiger charge is 2.47. The van der Waals surface area contributed by atoms with Crippen molar-refractivity contribution in [1.29, 1.82) is 0 Å². The Morgan fingerprint density at radius 3 is 2.60 bits per heavy atom. The van der Waals surface area contributed by atoms with Gasteiger partial charge in [0.2, 0.25) is 0 Å². The van der Waals surface area contributed by atoms with Crippen LogP contribution in [0.3, 0.4) is 0 Å². The molecule has 0 amide bonds. The smallest absolute Gasteiger partial charge is 0.141 e. The fourth-order valence-corrected chi connectivity index (χ4v) is 3.78. The summed E-state index contributed by atoms with van der Waals surface area (Å²) < 4.78 is 13.4. The predicted octanol–water partition coefficient (Wildman–Crippen LogP) is 2.66. The number of hydrogen-bond donors (Lipinski definition) is 1. The van der Waals surface area contributed by atoms with Crippen molar-refractivity contribution in [2.45, 2.75) is 51.6 Å². The molecule has 4 heteroatoms. The van der Waals surface area contributed by atoms with Gasteiger partial charge in [0.25, 0.3) is 0 Å². The van der Waals surface area contributed by atoms with Crippen LogP contribution in [-0.4, -0.2) is 28.5 Å². The van der Waals surface area contributed by atoms with Crippen LogP contribution in [0.15, 0.2) is 12.3 Å². The lowest BCUT2D eigenvalue weighted by Crippen LogP contribution is -2.51. The van der Waals surface area contributed by atoms with E-state index < -0.39 is 0 Å². The number of piperidine rings is 1. The van der Waals surface area contributed by atoms with Crippen LogP contribution < -0.4 is 5.73 Å². The molecule has 2 heterocycles. The van der Waals surface area contributed by atoms with Crippen molar-refractivity contribution in [3.63, 3.8) is 0 Å². The third-order valence-corrected chi connectivity index (χ3v) is 5.19. The Balaban J connectivity index is 1.81. The summed E-state index contributed by atoms with van der Waals surface area (Å²) >= 11 is 0. The Morgan fingerprint density at radius 1 is 1.35 bits per heavy atom. The van der Waals surface area contributed by atoms with Crippen LogP contribution in [-0.2, 0) is 6.42 Å². The Morgan fingerprint density at radius 2 is 2.00 bits per heavy atom. The zero-order valence-electron chi connectivity index (χ0n) is 12.6. The molecule has 1 saturated heterocycles. The summed E-state index contributed by atoms with van der Waals surface area (Å²) in [6.45, 7) is 8.89. The lowest BCUT2D eigenvalue weighted by Gasteiger charge is -2.46. The van der Waals surface area contributed by atoms with E-state index in [0.717, 1.165) is 43.6 Å². The summed E-state index contributed by atoms with van der Waals surface area (Å²) in [5.41, 5.74) is 8.68. The molecule has 0 aromatic carbocycles. The zero-order valence-corrected chi connectivity index (χ0v) is 12.6. The molecule has 0 saturated carbocycles. The number of fused-ring (bicyclic) bond motifs is 1. The largest absolute Gasteiger partial charge is 0.323 e. The van der Waals surface area contributed by atoms with Gasteiger partial charge < -0.3 is 5.73 Å². The molecule has 20 heavy (non-hydrogen) atoms. The second kappa shape index (κ2) is 4.50. The molecule has 2 aliphatic rings. The summed E-state index contributed by atoms with van der Waals surface area (Å²) in [6.07, 6.45) is 4.36. The number of nitrogens with zero attached hydrogens (tertiary/aromatic N) is 2. The van der Waals surface area contributed by atoms with Gasteiger partial charge >= 0.3 is 0 Å². The van der Waals surface area contributed by atoms with Crippen LogP contribution >= 0.6 is 0 Å². The van der Waals surface area contributed by atoms with Crippen LogP contribution in [0.4, 0.5) is 4.39 Å². The molecule has 2 N–H and O–H groups in total. The van der Waals surface area contributed by atoms with E-state index in [4.69, 9.17) is 5.73 Å². The third kappa shape index (κ3) is 2.15. The van der Waals surface area contributed by atoms with Crippen molar-refractivity contribution in [3.05, 3.63) is 29.3 Å². The molecule has 0 radical (unpaired) electrons. The first-order valence-electron chi connectivity index (χ1n) is 7.47. The predicted molar refractivity (Wildman–Crippen MR) is 77.8 cm³/mol. The van der Waals surface area contributed by atoms with E-state index in [2.05, 4.69) is 30.7 Å². The molecule has 1 atom stereocenters. The highest BCUT2D eigenvalue weighted by Crippen LogP contribution is 2.50. The summed E-state index contributed by atoms with van der Waals surface area (Å²) in [7, 11) is 0. The van der Waals surface area contributed by atoms with Crippen LogP contribution in [0.2, 0.25) is 0 Å². The van der Waals surface area contributed by atoms with E-state index in [9.17, 15) is 4.39 Å². The van der Waals surface area contributed by atoms with Crippen molar-refractivity contribution in [3.8, 4) is 0 Å². The molecular formula is C16H24FN3. The van der Waals surface area contributed by atoms with Crippen molar-refractivity contribution in [2.75, 3.05) is 13.1 Å². The van der Waals surface area contributed by atoms with Gasteiger partial charge in [-0.15, -0.1) is 0 Å². The Labute approximate surface area is 120 Å². The van der Waals surface area contributed by atoms with Gasteiger partial charge in [-0.25, -0.2) is 4.39 Å². The number of rotatable bonds is 0.